The molecule has 1 fully saturated rings. The van der Waals surface area contributed by atoms with E-state index in [9.17, 15) is 8.42 Å². The summed E-state index contributed by atoms with van der Waals surface area (Å²) in [5, 5.41) is 10.8. The van der Waals surface area contributed by atoms with Gasteiger partial charge in [-0.3, -0.25) is 0 Å². The highest BCUT2D eigenvalue weighted by atomic mass is 32.2. The van der Waals surface area contributed by atoms with Crippen LogP contribution in [0.2, 0.25) is 0 Å². The smallest absolute Gasteiger partial charge is 0.207 e. The molecule has 21 heavy (non-hydrogen) atoms. The minimum Gasteiger partial charge on any atom is -0.207 e. The Kier molecular flexibility index (Phi) is 3.81. The van der Waals surface area contributed by atoms with Crippen LogP contribution >= 0.6 is 11.3 Å². The molecule has 3 rings (SSSR count). The van der Waals surface area contributed by atoms with Gasteiger partial charge in [-0.15, -0.1) is 11.3 Å². The maximum absolute atomic E-state index is 12.8. The van der Waals surface area contributed by atoms with Crippen LogP contribution in [0.25, 0.3) is 0 Å². The molecule has 1 atom stereocenters. The first kappa shape index (κ1) is 14.3. The Morgan fingerprint density at radius 2 is 2.00 bits per heavy atom. The highest BCUT2D eigenvalue weighted by Gasteiger charge is 2.36. The number of nitrogens with zero attached hydrogens (tertiary/aromatic N) is 2. The van der Waals surface area contributed by atoms with E-state index in [2.05, 4.69) is 0 Å². The van der Waals surface area contributed by atoms with E-state index in [0.717, 1.165) is 17.7 Å². The second-order valence-corrected chi connectivity index (χ2v) is 7.80. The second kappa shape index (κ2) is 5.60. The summed E-state index contributed by atoms with van der Waals surface area (Å²) < 4.78 is 27.2. The summed E-state index contributed by atoms with van der Waals surface area (Å²) in [5.74, 6) is 0. The first-order valence-corrected chi connectivity index (χ1v) is 9.00. The lowest BCUT2D eigenvalue weighted by atomic mass is 10.2. The van der Waals surface area contributed by atoms with E-state index in [0.29, 0.717) is 12.1 Å². The van der Waals surface area contributed by atoms with Crippen molar-refractivity contribution < 1.29 is 8.42 Å². The summed E-state index contributed by atoms with van der Waals surface area (Å²) in [4.78, 5) is 1.34. The monoisotopic (exact) mass is 318 g/mol. The zero-order chi connectivity index (χ0) is 14.9. The molecule has 2 aromatic rings. The predicted molar refractivity (Wildman–Crippen MR) is 81.3 cm³/mol. The fourth-order valence-corrected chi connectivity index (χ4v) is 5.24. The Morgan fingerprint density at radius 1 is 1.24 bits per heavy atom. The van der Waals surface area contributed by atoms with E-state index in [1.807, 2.05) is 23.6 Å². The normalized spacial score (nSPS) is 19.5. The highest BCUT2D eigenvalue weighted by Crippen LogP contribution is 2.38. The quantitative estimate of drug-likeness (QED) is 0.873. The van der Waals surface area contributed by atoms with Gasteiger partial charge >= 0.3 is 0 Å². The molecule has 4 nitrogen and oxygen atoms in total. The SMILES string of the molecule is N#Cc1ccc(S(=O)(=O)N2CCCC2c2cccs2)cc1. The minimum absolute atomic E-state index is 0.0642. The van der Waals surface area contributed by atoms with Crippen molar-refractivity contribution in [2.45, 2.75) is 23.8 Å². The summed E-state index contributed by atoms with van der Waals surface area (Å²) in [6.45, 7) is 0.547. The van der Waals surface area contributed by atoms with Gasteiger partial charge in [-0.2, -0.15) is 9.57 Å². The van der Waals surface area contributed by atoms with E-state index < -0.39 is 10.0 Å². The van der Waals surface area contributed by atoms with E-state index in [-0.39, 0.29) is 10.9 Å². The van der Waals surface area contributed by atoms with Gasteiger partial charge in [0.2, 0.25) is 10.0 Å². The minimum atomic E-state index is -3.51. The molecular formula is C15H14N2O2S2. The van der Waals surface area contributed by atoms with Crippen LogP contribution in [-0.2, 0) is 10.0 Å². The third-order valence-corrected chi connectivity index (χ3v) is 6.56. The van der Waals surface area contributed by atoms with Crippen molar-refractivity contribution in [3.63, 3.8) is 0 Å². The number of thiophene rings is 1. The summed E-state index contributed by atoms with van der Waals surface area (Å²) in [7, 11) is -3.51. The van der Waals surface area contributed by atoms with Crippen LogP contribution in [0.15, 0.2) is 46.7 Å². The number of hydrogen-bond donors (Lipinski definition) is 0. The molecule has 0 spiro atoms. The standard InChI is InChI=1S/C15H14N2O2S2/c16-11-12-5-7-13(8-6-12)21(18,19)17-9-1-3-14(17)15-4-2-10-20-15/h2,4-8,10,14H,1,3,9H2. The Morgan fingerprint density at radius 3 is 2.62 bits per heavy atom. The molecular weight excluding hydrogens is 304 g/mol. The molecule has 1 aliphatic rings. The molecule has 0 radical (unpaired) electrons. The van der Waals surface area contributed by atoms with E-state index in [1.165, 1.54) is 12.1 Å². The Labute approximate surface area is 128 Å². The molecule has 108 valence electrons. The average Bonchev–Trinajstić information content (AvgIpc) is 3.17. The van der Waals surface area contributed by atoms with Crippen molar-refractivity contribution in [1.82, 2.24) is 4.31 Å². The topological polar surface area (TPSA) is 61.2 Å². The van der Waals surface area contributed by atoms with E-state index in [1.54, 1.807) is 27.8 Å². The lowest BCUT2D eigenvalue weighted by Gasteiger charge is -2.23. The van der Waals surface area contributed by atoms with Crippen molar-refractivity contribution in [2.24, 2.45) is 0 Å². The highest BCUT2D eigenvalue weighted by molar-refractivity contribution is 7.89. The lowest BCUT2D eigenvalue weighted by Crippen LogP contribution is -2.30. The molecule has 1 aliphatic heterocycles. The maximum Gasteiger partial charge on any atom is 0.243 e. The van der Waals surface area contributed by atoms with Crippen LogP contribution in [0.4, 0.5) is 0 Å². The Bertz CT molecular complexity index is 759. The van der Waals surface area contributed by atoms with Crippen molar-refractivity contribution in [1.29, 1.82) is 5.26 Å². The Balaban J connectivity index is 1.95. The summed E-state index contributed by atoms with van der Waals surface area (Å²) >= 11 is 1.59. The average molecular weight is 318 g/mol. The lowest BCUT2D eigenvalue weighted by molar-refractivity contribution is 0.401. The van der Waals surface area contributed by atoms with Crippen LogP contribution in [-0.4, -0.2) is 19.3 Å². The third kappa shape index (κ3) is 2.60. The van der Waals surface area contributed by atoms with E-state index >= 15 is 0 Å². The van der Waals surface area contributed by atoms with Gasteiger partial charge in [0.25, 0.3) is 0 Å². The van der Waals surface area contributed by atoms with Gasteiger partial charge in [-0.1, -0.05) is 6.07 Å². The fourth-order valence-electron chi connectivity index (χ4n) is 2.63. The first-order chi connectivity index (χ1) is 10.1. The molecule has 1 aromatic carbocycles. The summed E-state index contributed by atoms with van der Waals surface area (Å²) in [5.41, 5.74) is 0.463. The van der Waals surface area contributed by atoms with Crippen LogP contribution in [0.1, 0.15) is 29.3 Å². The largest absolute Gasteiger partial charge is 0.243 e. The van der Waals surface area contributed by atoms with Gasteiger partial charge in [0.05, 0.1) is 22.6 Å². The number of hydrogen-bond acceptors (Lipinski definition) is 4. The van der Waals surface area contributed by atoms with Crippen molar-refractivity contribution in [3.05, 3.63) is 52.2 Å². The van der Waals surface area contributed by atoms with Gasteiger partial charge < -0.3 is 0 Å². The molecule has 0 bridgehead atoms. The number of nitriles is 1. The van der Waals surface area contributed by atoms with Crippen molar-refractivity contribution >= 4 is 21.4 Å². The van der Waals surface area contributed by atoms with Crippen LogP contribution in [0.3, 0.4) is 0 Å². The molecule has 0 amide bonds. The molecule has 0 saturated carbocycles. The summed E-state index contributed by atoms with van der Waals surface area (Å²) in [6.07, 6.45) is 1.73. The Hall–Kier alpha value is -1.68. The van der Waals surface area contributed by atoms with Gasteiger partial charge in [-0.25, -0.2) is 8.42 Å². The fraction of sp³-hybridized carbons (Fsp3) is 0.267. The van der Waals surface area contributed by atoms with Crippen LogP contribution in [0.5, 0.6) is 0 Å². The predicted octanol–water partition coefficient (Wildman–Crippen LogP) is 3.15. The van der Waals surface area contributed by atoms with Gasteiger partial charge in [0.1, 0.15) is 0 Å². The maximum atomic E-state index is 12.8. The van der Waals surface area contributed by atoms with Crippen molar-refractivity contribution in [3.8, 4) is 6.07 Å². The number of benzene rings is 1. The van der Waals surface area contributed by atoms with Gasteiger partial charge in [0.15, 0.2) is 0 Å². The molecule has 2 heterocycles. The molecule has 0 N–H and O–H groups in total. The third-order valence-electron chi connectivity index (χ3n) is 3.67. The number of sulfonamides is 1. The second-order valence-electron chi connectivity index (χ2n) is 4.93. The molecule has 1 aromatic heterocycles. The molecule has 0 aliphatic carbocycles. The number of rotatable bonds is 3. The van der Waals surface area contributed by atoms with Crippen molar-refractivity contribution in [2.75, 3.05) is 6.54 Å². The molecule has 1 unspecified atom stereocenters. The molecule has 6 heteroatoms. The van der Waals surface area contributed by atoms with Gasteiger partial charge in [-0.05, 0) is 48.6 Å². The zero-order valence-electron chi connectivity index (χ0n) is 11.3. The van der Waals surface area contributed by atoms with Crippen LogP contribution < -0.4 is 0 Å². The first-order valence-electron chi connectivity index (χ1n) is 6.68. The molecule has 1 saturated heterocycles. The van der Waals surface area contributed by atoms with Gasteiger partial charge in [0, 0.05) is 11.4 Å². The van der Waals surface area contributed by atoms with Crippen LogP contribution in [0, 0.1) is 11.3 Å². The zero-order valence-corrected chi connectivity index (χ0v) is 12.9. The summed E-state index contributed by atoms with van der Waals surface area (Å²) in [6, 6.07) is 12.0. The van der Waals surface area contributed by atoms with E-state index in [4.69, 9.17) is 5.26 Å².